The van der Waals surface area contributed by atoms with Crippen molar-refractivity contribution in [2.75, 3.05) is 18.9 Å². The van der Waals surface area contributed by atoms with E-state index in [1.807, 2.05) is 6.92 Å². The first-order chi connectivity index (χ1) is 8.17. The third-order valence-corrected chi connectivity index (χ3v) is 3.77. The van der Waals surface area contributed by atoms with Gasteiger partial charge < -0.3 is 10.5 Å². The Morgan fingerprint density at radius 3 is 2.59 bits per heavy atom. The van der Waals surface area contributed by atoms with Gasteiger partial charge in [-0.05, 0) is 37.6 Å². The molecule has 1 aromatic carbocycles. The molecule has 0 bridgehead atoms. The van der Waals surface area contributed by atoms with Crippen LogP contribution in [0.3, 0.4) is 0 Å². The maximum atomic E-state index is 12.7. The summed E-state index contributed by atoms with van der Waals surface area (Å²) in [5, 5.41) is 0. The highest BCUT2D eigenvalue weighted by molar-refractivity contribution is 7.85. The smallest absolute Gasteiger partial charge is 0.123 e. The van der Waals surface area contributed by atoms with Crippen LogP contribution >= 0.6 is 0 Å². The maximum absolute atomic E-state index is 12.7. The van der Waals surface area contributed by atoms with E-state index in [2.05, 4.69) is 0 Å². The number of nitrogens with two attached hydrogens (primary N) is 1. The van der Waals surface area contributed by atoms with Gasteiger partial charge in [-0.2, -0.15) is 0 Å². The molecule has 0 aliphatic rings. The van der Waals surface area contributed by atoms with E-state index in [0.717, 1.165) is 0 Å². The quantitative estimate of drug-likeness (QED) is 0.810. The Labute approximate surface area is 104 Å². The summed E-state index contributed by atoms with van der Waals surface area (Å²) in [6.07, 6.45) is 0.596. The molecule has 2 atom stereocenters. The summed E-state index contributed by atoms with van der Waals surface area (Å²) < 4.78 is 29.9. The van der Waals surface area contributed by atoms with Crippen LogP contribution in [-0.4, -0.2) is 29.2 Å². The average molecular weight is 259 g/mol. The van der Waals surface area contributed by atoms with Crippen LogP contribution in [0.15, 0.2) is 29.2 Å². The van der Waals surface area contributed by atoms with E-state index in [1.54, 1.807) is 12.1 Å². The molecule has 0 heterocycles. The molecule has 3 nitrogen and oxygen atoms in total. The Morgan fingerprint density at radius 1 is 1.41 bits per heavy atom. The van der Waals surface area contributed by atoms with Crippen LogP contribution in [0.1, 0.15) is 13.3 Å². The van der Waals surface area contributed by atoms with Gasteiger partial charge in [0, 0.05) is 23.8 Å². The summed E-state index contributed by atoms with van der Waals surface area (Å²) in [4.78, 5) is 0.638. The van der Waals surface area contributed by atoms with Crippen LogP contribution in [0, 0.1) is 5.82 Å². The third-order valence-electron chi connectivity index (χ3n) is 2.37. The van der Waals surface area contributed by atoms with E-state index < -0.39 is 10.8 Å². The number of rotatable bonds is 7. The molecule has 1 rings (SSSR count). The number of halogens is 1. The first-order valence-electron chi connectivity index (χ1n) is 5.63. The first-order valence-corrected chi connectivity index (χ1v) is 6.94. The average Bonchev–Trinajstić information content (AvgIpc) is 2.35. The number of benzene rings is 1. The van der Waals surface area contributed by atoms with Crippen LogP contribution in [0.5, 0.6) is 0 Å². The summed E-state index contributed by atoms with van der Waals surface area (Å²) in [6.45, 7) is 2.93. The molecule has 0 spiro atoms. The lowest BCUT2D eigenvalue weighted by Gasteiger charge is -2.14. The molecule has 0 aromatic heterocycles. The van der Waals surface area contributed by atoms with Crippen molar-refractivity contribution in [3.8, 4) is 0 Å². The van der Waals surface area contributed by atoms with E-state index in [4.69, 9.17) is 10.5 Å². The molecule has 5 heteroatoms. The Kier molecular flexibility index (Phi) is 6.32. The van der Waals surface area contributed by atoms with Crippen LogP contribution in [0.4, 0.5) is 4.39 Å². The molecule has 0 aliphatic carbocycles. The SMILES string of the molecule is CCOC(CN)CCS(=O)c1ccc(F)cc1. The summed E-state index contributed by atoms with van der Waals surface area (Å²) >= 11 is 0. The Morgan fingerprint density at radius 2 is 2.06 bits per heavy atom. The molecular formula is C12H18FNO2S. The minimum atomic E-state index is -1.12. The molecule has 0 amide bonds. The lowest BCUT2D eigenvalue weighted by atomic mass is 10.3. The second-order valence-corrected chi connectivity index (χ2v) is 5.18. The van der Waals surface area contributed by atoms with E-state index in [0.29, 0.717) is 30.2 Å². The third kappa shape index (κ3) is 4.93. The highest BCUT2D eigenvalue weighted by atomic mass is 32.2. The van der Waals surface area contributed by atoms with Crippen molar-refractivity contribution in [3.05, 3.63) is 30.1 Å². The van der Waals surface area contributed by atoms with Crippen molar-refractivity contribution in [1.82, 2.24) is 0 Å². The van der Waals surface area contributed by atoms with Crippen molar-refractivity contribution < 1.29 is 13.3 Å². The van der Waals surface area contributed by atoms with Gasteiger partial charge in [-0.25, -0.2) is 4.39 Å². The number of ether oxygens (including phenoxy) is 1. The predicted molar refractivity (Wildman–Crippen MR) is 66.8 cm³/mol. The van der Waals surface area contributed by atoms with Crippen LogP contribution < -0.4 is 5.73 Å². The second kappa shape index (κ2) is 7.53. The predicted octanol–water partition coefficient (Wildman–Crippen LogP) is 1.69. The summed E-state index contributed by atoms with van der Waals surface area (Å²) in [5.74, 6) is 0.160. The zero-order chi connectivity index (χ0) is 12.7. The van der Waals surface area contributed by atoms with Gasteiger partial charge in [-0.3, -0.25) is 4.21 Å². The van der Waals surface area contributed by atoms with Gasteiger partial charge in [0.1, 0.15) is 5.82 Å². The van der Waals surface area contributed by atoms with Crippen molar-refractivity contribution in [2.45, 2.75) is 24.3 Å². The fourth-order valence-corrected chi connectivity index (χ4v) is 2.60. The van der Waals surface area contributed by atoms with Crippen molar-refractivity contribution >= 4 is 10.8 Å². The van der Waals surface area contributed by atoms with Gasteiger partial charge in [0.05, 0.1) is 16.9 Å². The van der Waals surface area contributed by atoms with Gasteiger partial charge in [-0.1, -0.05) is 0 Å². The molecular weight excluding hydrogens is 241 g/mol. The fraction of sp³-hybridized carbons (Fsp3) is 0.500. The minimum Gasteiger partial charge on any atom is -0.377 e. The Balaban J connectivity index is 2.46. The minimum absolute atomic E-state index is 0.0515. The topological polar surface area (TPSA) is 52.3 Å². The lowest BCUT2D eigenvalue weighted by molar-refractivity contribution is 0.0672. The zero-order valence-corrected chi connectivity index (χ0v) is 10.7. The maximum Gasteiger partial charge on any atom is 0.123 e. The highest BCUT2D eigenvalue weighted by Gasteiger charge is 2.10. The van der Waals surface area contributed by atoms with Gasteiger partial charge in [0.15, 0.2) is 0 Å². The molecule has 1 aromatic rings. The van der Waals surface area contributed by atoms with Crippen molar-refractivity contribution in [2.24, 2.45) is 5.73 Å². The molecule has 17 heavy (non-hydrogen) atoms. The molecule has 0 saturated heterocycles. The molecule has 0 saturated carbocycles. The zero-order valence-electron chi connectivity index (χ0n) is 9.90. The molecule has 0 radical (unpaired) electrons. The lowest BCUT2D eigenvalue weighted by Crippen LogP contribution is -2.25. The van der Waals surface area contributed by atoms with Gasteiger partial charge in [0.2, 0.25) is 0 Å². The van der Waals surface area contributed by atoms with Crippen LogP contribution in [-0.2, 0) is 15.5 Å². The van der Waals surface area contributed by atoms with Crippen LogP contribution in [0.25, 0.3) is 0 Å². The normalized spacial score (nSPS) is 14.5. The van der Waals surface area contributed by atoms with E-state index in [1.165, 1.54) is 12.1 Å². The van der Waals surface area contributed by atoms with E-state index in [9.17, 15) is 8.60 Å². The van der Waals surface area contributed by atoms with Gasteiger partial charge in [0.25, 0.3) is 0 Å². The molecule has 2 unspecified atom stereocenters. The highest BCUT2D eigenvalue weighted by Crippen LogP contribution is 2.10. The Bertz CT molecular complexity index is 356. The van der Waals surface area contributed by atoms with E-state index >= 15 is 0 Å². The monoisotopic (exact) mass is 259 g/mol. The van der Waals surface area contributed by atoms with Crippen molar-refractivity contribution in [1.29, 1.82) is 0 Å². The number of hydrogen-bond acceptors (Lipinski definition) is 3. The molecule has 0 fully saturated rings. The standard InChI is InChI=1S/C12H18FNO2S/c1-2-16-11(9-14)7-8-17(15)12-5-3-10(13)4-6-12/h3-6,11H,2,7-9,14H2,1H3. The molecule has 2 N–H and O–H groups in total. The van der Waals surface area contributed by atoms with Gasteiger partial charge in [-0.15, -0.1) is 0 Å². The van der Waals surface area contributed by atoms with Crippen LogP contribution in [0.2, 0.25) is 0 Å². The molecule has 96 valence electrons. The summed E-state index contributed by atoms with van der Waals surface area (Å²) in [5.41, 5.74) is 5.53. The van der Waals surface area contributed by atoms with Gasteiger partial charge >= 0.3 is 0 Å². The second-order valence-electron chi connectivity index (χ2n) is 3.61. The number of hydrogen-bond donors (Lipinski definition) is 1. The van der Waals surface area contributed by atoms with Crippen molar-refractivity contribution in [3.63, 3.8) is 0 Å². The largest absolute Gasteiger partial charge is 0.377 e. The fourth-order valence-electron chi connectivity index (χ4n) is 1.45. The summed E-state index contributed by atoms with van der Waals surface area (Å²) in [7, 11) is -1.12. The molecule has 0 aliphatic heterocycles. The Hall–Kier alpha value is -0.780. The summed E-state index contributed by atoms with van der Waals surface area (Å²) in [6, 6.07) is 5.72. The first kappa shape index (κ1) is 14.3. The van der Waals surface area contributed by atoms with E-state index in [-0.39, 0.29) is 11.9 Å².